The lowest BCUT2D eigenvalue weighted by Crippen LogP contribution is -2.50. The SMILES string of the molecule is CN(Cc1ccccc1)C(=O)[C@@H]1Cc2nc[nH]c2CN1Cc1ccc(C(=O)O)cc1. The highest BCUT2D eigenvalue weighted by atomic mass is 16.4. The first-order valence-corrected chi connectivity index (χ1v) is 9.87. The Balaban J connectivity index is 1.53. The van der Waals surface area contributed by atoms with Crippen LogP contribution in [0, 0.1) is 0 Å². The maximum absolute atomic E-state index is 13.3. The van der Waals surface area contributed by atoms with Gasteiger partial charge < -0.3 is 15.0 Å². The number of benzene rings is 2. The molecule has 30 heavy (non-hydrogen) atoms. The van der Waals surface area contributed by atoms with E-state index < -0.39 is 5.97 Å². The van der Waals surface area contributed by atoms with E-state index in [0.29, 0.717) is 26.1 Å². The van der Waals surface area contributed by atoms with Crippen LogP contribution in [0.1, 0.15) is 32.9 Å². The van der Waals surface area contributed by atoms with Gasteiger partial charge in [-0.05, 0) is 23.3 Å². The van der Waals surface area contributed by atoms with Crippen molar-refractivity contribution in [3.8, 4) is 0 Å². The maximum Gasteiger partial charge on any atom is 0.335 e. The predicted molar refractivity (Wildman–Crippen MR) is 112 cm³/mol. The highest BCUT2D eigenvalue weighted by Crippen LogP contribution is 2.24. The summed E-state index contributed by atoms with van der Waals surface area (Å²) < 4.78 is 0. The van der Waals surface area contributed by atoms with E-state index in [0.717, 1.165) is 22.5 Å². The standard InChI is InChI=1S/C23H24N4O3/c1-26(12-16-5-3-2-4-6-16)22(28)21-11-19-20(25-15-24-19)14-27(21)13-17-7-9-18(10-8-17)23(29)30/h2-10,15,21H,11-14H2,1H3,(H,24,25)(H,29,30)/t21-/m0/s1. The Hall–Kier alpha value is -3.45. The monoisotopic (exact) mass is 404 g/mol. The number of aromatic nitrogens is 2. The second kappa shape index (κ2) is 8.51. The number of H-pyrrole nitrogens is 1. The van der Waals surface area contributed by atoms with Crippen molar-refractivity contribution in [3.05, 3.63) is 89.0 Å². The van der Waals surface area contributed by atoms with E-state index in [1.165, 1.54) is 0 Å². The van der Waals surface area contributed by atoms with Gasteiger partial charge in [0, 0.05) is 33.1 Å². The first kappa shape index (κ1) is 19.8. The van der Waals surface area contributed by atoms with E-state index in [-0.39, 0.29) is 17.5 Å². The molecule has 7 nitrogen and oxygen atoms in total. The Bertz CT molecular complexity index is 1030. The molecule has 0 fully saturated rings. The van der Waals surface area contributed by atoms with Crippen LogP contribution in [-0.4, -0.2) is 49.8 Å². The van der Waals surface area contributed by atoms with Crippen LogP contribution in [-0.2, 0) is 30.8 Å². The molecule has 154 valence electrons. The highest BCUT2D eigenvalue weighted by molar-refractivity contribution is 5.87. The van der Waals surface area contributed by atoms with Crippen LogP contribution in [0.15, 0.2) is 60.9 Å². The fourth-order valence-electron chi connectivity index (χ4n) is 3.87. The number of hydrogen-bond acceptors (Lipinski definition) is 4. The van der Waals surface area contributed by atoms with Crippen molar-refractivity contribution in [2.24, 2.45) is 0 Å². The zero-order valence-electron chi connectivity index (χ0n) is 16.8. The lowest BCUT2D eigenvalue weighted by Gasteiger charge is -2.36. The fraction of sp³-hybridized carbons (Fsp3) is 0.261. The van der Waals surface area contributed by atoms with E-state index in [1.54, 1.807) is 35.5 Å². The molecule has 2 N–H and O–H groups in total. The minimum Gasteiger partial charge on any atom is -0.478 e. The van der Waals surface area contributed by atoms with E-state index in [2.05, 4.69) is 14.9 Å². The molecule has 2 aromatic carbocycles. The third-order valence-corrected chi connectivity index (χ3v) is 5.51. The zero-order chi connectivity index (χ0) is 21.1. The van der Waals surface area contributed by atoms with Crippen molar-refractivity contribution in [3.63, 3.8) is 0 Å². The number of fused-ring (bicyclic) bond motifs is 1. The van der Waals surface area contributed by atoms with E-state index in [4.69, 9.17) is 5.11 Å². The molecule has 0 bridgehead atoms. The fourth-order valence-corrected chi connectivity index (χ4v) is 3.87. The summed E-state index contributed by atoms with van der Waals surface area (Å²) >= 11 is 0. The number of likely N-dealkylation sites (N-methyl/N-ethyl adjacent to an activating group) is 1. The number of carbonyl (C=O) groups excluding carboxylic acids is 1. The number of hydrogen-bond donors (Lipinski definition) is 2. The summed E-state index contributed by atoms with van der Waals surface area (Å²) in [5, 5.41) is 9.11. The lowest BCUT2D eigenvalue weighted by atomic mass is 10.00. The van der Waals surface area contributed by atoms with Gasteiger partial charge in [0.15, 0.2) is 0 Å². The van der Waals surface area contributed by atoms with E-state index >= 15 is 0 Å². The molecular weight excluding hydrogens is 380 g/mol. The maximum atomic E-state index is 13.3. The molecular formula is C23H24N4O3. The summed E-state index contributed by atoms with van der Waals surface area (Å²) in [6.45, 7) is 1.68. The molecule has 0 saturated carbocycles. The first-order valence-electron chi connectivity index (χ1n) is 9.87. The first-order chi connectivity index (χ1) is 14.5. The molecule has 7 heteroatoms. The third kappa shape index (κ3) is 4.26. The number of amides is 1. The number of aromatic carboxylic acids is 1. The van der Waals surface area contributed by atoms with Gasteiger partial charge in [0.25, 0.3) is 0 Å². The van der Waals surface area contributed by atoms with Gasteiger partial charge in [0.05, 0.1) is 29.3 Å². The van der Waals surface area contributed by atoms with Gasteiger partial charge in [0.1, 0.15) is 0 Å². The van der Waals surface area contributed by atoms with E-state index in [9.17, 15) is 9.59 Å². The number of nitrogens with zero attached hydrogens (tertiary/aromatic N) is 3. The molecule has 0 radical (unpaired) electrons. The summed E-state index contributed by atoms with van der Waals surface area (Å²) in [6.07, 6.45) is 2.22. The second-order valence-electron chi connectivity index (χ2n) is 7.63. The summed E-state index contributed by atoms with van der Waals surface area (Å²) in [7, 11) is 1.83. The van der Waals surface area contributed by atoms with Gasteiger partial charge in [-0.1, -0.05) is 42.5 Å². The smallest absolute Gasteiger partial charge is 0.335 e. The van der Waals surface area contributed by atoms with Crippen LogP contribution in [0.2, 0.25) is 0 Å². The molecule has 2 heterocycles. The van der Waals surface area contributed by atoms with Crippen LogP contribution >= 0.6 is 0 Å². The van der Waals surface area contributed by atoms with Gasteiger partial charge in [-0.2, -0.15) is 0 Å². The molecule has 4 rings (SSSR count). The molecule has 1 aliphatic rings. The third-order valence-electron chi connectivity index (χ3n) is 5.51. The van der Waals surface area contributed by atoms with Gasteiger partial charge in [-0.3, -0.25) is 9.69 Å². The summed E-state index contributed by atoms with van der Waals surface area (Å²) in [5.41, 5.74) is 4.25. The topological polar surface area (TPSA) is 89.5 Å². The second-order valence-corrected chi connectivity index (χ2v) is 7.63. The number of carbonyl (C=O) groups is 2. The number of nitrogens with one attached hydrogen (secondary N) is 1. The van der Waals surface area contributed by atoms with Crippen molar-refractivity contribution in [2.75, 3.05) is 7.05 Å². The lowest BCUT2D eigenvalue weighted by molar-refractivity contribution is -0.137. The average molecular weight is 404 g/mol. The predicted octanol–water partition coefficient (Wildman–Crippen LogP) is 2.69. The van der Waals surface area contributed by atoms with Crippen LogP contribution in [0.4, 0.5) is 0 Å². The molecule has 1 aliphatic heterocycles. The Morgan fingerprint density at radius 2 is 1.87 bits per heavy atom. The Morgan fingerprint density at radius 1 is 1.13 bits per heavy atom. The molecule has 0 unspecified atom stereocenters. The molecule has 1 amide bonds. The summed E-state index contributed by atoms with van der Waals surface area (Å²) in [6, 6.07) is 16.4. The minimum absolute atomic E-state index is 0.0506. The normalized spacial score (nSPS) is 16.1. The number of imidazole rings is 1. The van der Waals surface area contributed by atoms with Crippen molar-refractivity contribution in [2.45, 2.75) is 32.1 Å². The number of aromatic amines is 1. The van der Waals surface area contributed by atoms with Crippen LogP contribution in [0.5, 0.6) is 0 Å². The van der Waals surface area contributed by atoms with Crippen LogP contribution < -0.4 is 0 Å². The van der Waals surface area contributed by atoms with Crippen molar-refractivity contribution < 1.29 is 14.7 Å². The Morgan fingerprint density at radius 3 is 2.57 bits per heavy atom. The van der Waals surface area contributed by atoms with Crippen molar-refractivity contribution in [1.29, 1.82) is 0 Å². The van der Waals surface area contributed by atoms with Crippen molar-refractivity contribution in [1.82, 2.24) is 19.8 Å². The quantitative estimate of drug-likeness (QED) is 0.659. The summed E-state index contributed by atoms with van der Waals surface area (Å²) in [4.78, 5) is 35.9. The highest BCUT2D eigenvalue weighted by Gasteiger charge is 2.34. The number of carboxylic acid groups (broad SMARTS) is 1. The molecule has 0 saturated heterocycles. The molecule has 0 aliphatic carbocycles. The Labute approximate surface area is 175 Å². The van der Waals surface area contributed by atoms with Crippen molar-refractivity contribution >= 4 is 11.9 Å². The molecule has 1 aromatic heterocycles. The van der Waals surface area contributed by atoms with Gasteiger partial charge in [-0.15, -0.1) is 0 Å². The van der Waals surface area contributed by atoms with Gasteiger partial charge in [0.2, 0.25) is 5.91 Å². The largest absolute Gasteiger partial charge is 0.478 e. The van der Waals surface area contributed by atoms with E-state index in [1.807, 2.05) is 37.4 Å². The number of carboxylic acids is 1. The Kier molecular flexibility index (Phi) is 5.63. The van der Waals surface area contributed by atoms with Crippen LogP contribution in [0.25, 0.3) is 0 Å². The van der Waals surface area contributed by atoms with Gasteiger partial charge >= 0.3 is 5.97 Å². The summed E-state index contributed by atoms with van der Waals surface area (Å²) in [5.74, 6) is -0.896. The molecule has 1 atom stereocenters. The average Bonchev–Trinajstić information content (AvgIpc) is 3.21. The number of rotatable bonds is 6. The van der Waals surface area contributed by atoms with Crippen LogP contribution in [0.3, 0.4) is 0 Å². The molecule has 0 spiro atoms. The molecule has 3 aromatic rings. The van der Waals surface area contributed by atoms with Gasteiger partial charge in [-0.25, -0.2) is 9.78 Å². The minimum atomic E-state index is -0.947. The zero-order valence-corrected chi connectivity index (χ0v) is 16.8.